The summed E-state index contributed by atoms with van der Waals surface area (Å²) in [6.45, 7) is 3.62. The topological polar surface area (TPSA) is 77.7 Å². The Hall–Kier alpha value is -2.63. The van der Waals surface area contributed by atoms with Crippen molar-refractivity contribution >= 4 is 16.9 Å². The second-order valence-electron chi connectivity index (χ2n) is 6.86. The van der Waals surface area contributed by atoms with E-state index in [9.17, 15) is 4.79 Å². The lowest BCUT2D eigenvalue weighted by atomic mass is 9.94. The molecule has 0 saturated carbocycles. The molecule has 4 rings (SSSR count). The Bertz CT molecular complexity index is 848. The molecule has 0 bridgehead atoms. The standard InChI is InChI=1S/C19H23N5O/c1-13-11-17(23-22-13)14-5-4-10-24(12-14)19(25)9-8-18-20-15-6-2-3-7-16(15)21-18/h2-3,6-7,11,14H,4-5,8-10,12H2,1H3,(H,20,21)(H,22,23). The van der Waals surface area contributed by atoms with Crippen molar-refractivity contribution in [2.75, 3.05) is 13.1 Å². The summed E-state index contributed by atoms with van der Waals surface area (Å²) in [5.41, 5.74) is 4.13. The highest BCUT2D eigenvalue weighted by molar-refractivity contribution is 5.77. The van der Waals surface area contributed by atoms with Crippen LogP contribution in [-0.2, 0) is 11.2 Å². The van der Waals surface area contributed by atoms with Gasteiger partial charge in [-0.25, -0.2) is 4.98 Å². The maximum atomic E-state index is 12.6. The van der Waals surface area contributed by atoms with Crippen LogP contribution < -0.4 is 0 Å². The van der Waals surface area contributed by atoms with E-state index >= 15 is 0 Å². The van der Waals surface area contributed by atoms with Crippen LogP contribution in [0.1, 0.15) is 42.4 Å². The second-order valence-corrected chi connectivity index (χ2v) is 6.86. The summed E-state index contributed by atoms with van der Waals surface area (Å²) < 4.78 is 0. The molecule has 0 spiro atoms. The summed E-state index contributed by atoms with van der Waals surface area (Å²) in [4.78, 5) is 22.5. The Morgan fingerprint density at radius 1 is 1.36 bits per heavy atom. The predicted molar refractivity (Wildman–Crippen MR) is 96.3 cm³/mol. The highest BCUT2D eigenvalue weighted by atomic mass is 16.2. The fourth-order valence-corrected chi connectivity index (χ4v) is 3.60. The first kappa shape index (κ1) is 15.9. The number of nitrogens with one attached hydrogen (secondary N) is 2. The molecule has 6 nitrogen and oxygen atoms in total. The van der Waals surface area contributed by atoms with Crippen LogP contribution in [-0.4, -0.2) is 44.1 Å². The zero-order valence-corrected chi connectivity index (χ0v) is 14.5. The molecule has 2 aromatic heterocycles. The lowest BCUT2D eigenvalue weighted by Gasteiger charge is -2.32. The number of rotatable bonds is 4. The van der Waals surface area contributed by atoms with Gasteiger partial charge in [-0.15, -0.1) is 0 Å². The van der Waals surface area contributed by atoms with E-state index < -0.39 is 0 Å². The first-order valence-corrected chi connectivity index (χ1v) is 8.92. The molecule has 1 amide bonds. The molecule has 6 heteroatoms. The van der Waals surface area contributed by atoms with Crippen molar-refractivity contribution in [1.29, 1.82) is 0 Å². The number of H-pyrrole nitrogens is 2. The summed E-state index contributed by atoms with van der Waals surface area (Å²) >= 11 is 0. The van der Waals surface area contributed by atoms with Gasteiger partial charge in [0.05, 0.1) is 16.7 Å². The maximum Gasteiger partial charge on any atom is 0.223 e. The van der Waals surface area contributed by atoms with Crippen LogP contribution in [0.2, 0.25) is 0 Å². The molecule has 1 atom stereocenters. The first-order chi connectivity index (χ1) is 12.2. The van der Waals surface area contributed by atoms with E-state index in [0.29, 0.717) is 18.8 Å². The summed E-state index contributed by atoms with van der Waals surface area (Å²) in [6, 6.07) is 10.0. The van der Waals surface area contributed by atoms with Gasteiger partial charge in [0.25, 0.3) is 0 Å². The molecule has 0 radical (unpaired) electrons. The maximum absolute atomic E-state index is 12.6. The van der Waals surface area contributed by atoms with Crippen LogP contribution in [0.3, 0.4) is 0 Å². The van der Waals surface area contributed by atoms with Gasteiger partial charge in [-0.05, 0) is 38.0 Å². The third-order valence-corrected chi connectivity index (χ3v) is 4.93. The van der Waals surface area contributed by atoms with E-state index in [0.717, 1.165) is 54.2 Å². The lowest BCUT2D eigenvalue weighted by molar-refractivity contribution is -0.132. The smallest absolute Gasteiger partial charge is 0.223 e. The SMILES string of the molecule is Cc1cc(C2CCCN(C(=O)CCc3nc4ccccc4[nH]3)C2)n[nH]1. The van der Waals surface area contributed by atoms with Gasteiger partial charge in [-0.1, -0.05) is 12.1 Å². The van der Waals surface area contributed by atoms with Crippen LogP contribution >= 0.6 is 0 Å². The molecule has 1 aliphatic heterocycles. The minimum absolute atomic E-state index is 0.206. The number of hydrogen-bond acceptors (Lipinski definition) is 3. The number of amides is 1. The average molecular weight is 337 g/mol. The molecular formula is C19H23N5O. The number of para-hydroxylation sites is 2. The normalized spacial score (nSPS) is 18.0. The number of benzene rings is 1. The molecule has 1 aromatic carbocycles. The Kier molecular flexibility index (Phi) is 4.26. The van der Waals surface area contributed by atoms with E-state index in [1.165, 1.54) is 0 Å². The zero-order valence-electron chi connectivity index (χ0n) is 14.5. The number of fused-ring (bicyclic) bond motifs is 1. The number of aryl methyl sites for hydroxylation is 2. The Balaban J connectivity index is 1.37. The van der Waals surface area contributed by atoms with Crippen molar-refractivity contribution in [3.05, 3.63) is 47.5 Å². The molecule has 0 aliphatic carbocycles. The number of carbonyl (C=O) groups excluding carboxylic acids is 1. The number of imidazole rings is 1. The fourth-order valence-electron chi connectivity index (χ4n) is 3.60. The van der Waals surface area contributed by atoms with E-state index in [2.05, 4.69) is 26.2 Å². The molecule has 1 saturated heterocycles. The molecule has 130 valence electrons. The zero-order chi connectivity index (χ0) is 17.2. The van der Waals surface area contributed by atoms with Gasteiger partial charge in [-0.3, -0.25) is 9.89 Å². The van der Waals surface area contributed by atoms with Crippen molar-refractivity contribution in [3.8, 4) is 0 Å². The van der Waals surface area contributed by atoms with Crippen LogP contribution in [0, 0.1) is 6.92 Å². The highest BCUT2D eigenvalue weighted by Gasteiger charge is 2.26. The monoisotopic (exact) mass is 337 g/mol. The molecule has 2 N–H and O–H groups in total. The predicted octanol–water partition coefficient (Wildman–Crippen LogP) is 2.93. The number of aromatic amines is 2. The van der Waals surface area contributed by atoms with Crippen molar-refractivity contribution in [1.82, 2.24) is 25.1 Å². The van der Waals surface area contributed by atoms with Crippen molar-refractivity contribution in [3.63, 3.8) is 0 Å². The molecule has 25 heavy (non-hydrogen) atoms. The third kappa shape index (κ3) is 3.43. The van der Waals surface area contributed by atoms with Crippen molar-refractivity contribution in [2.45, 2.75) is 38.5 Å². The van der Waals surface area contributed by atoms with Gasteiger partial charge < -0.3 is 9.88 Å². The number of aromatic nitrogens is 4. The summed E-state index contributed by atoms with van der Waals surface area (Å²) in [6.07, 6.45) is 3.27. The Labute approximate surface area is 146 Å². The first-order valence-electron chi connectivity index (χ1n) is 8.92. The largest absolute Gasteiger partial charge is 0.342 e. The second kappa shape index (κ2) is 6.70. The molecule has 3 aromatic rings. The molecule has 3 heterocycles. The van der Waals surface area contributed by atoms with E-state index in [1.807, 2.05) is 36.1 Å². The molecular weight excluding hydrogens is 314 g/mol. The van der Waals surface area contributed by atoms with E-state index in [-0.39, 0.29) is 5.91 Å². The van der Waals surface area contributed by atoms with Gasteiger partial charge in [0, 0.05) is 37.5 Å². The highest BCUT2D eigenvalue weighted by Crippen LogP contribution is 2.26. The van der Waals surface area contributed by atoms with Gasteiger partial charge in [0.15, 0.2) is 0 Å². The van der Waals surface area contributed by atoms with Gasteiger partial charge >= 0.3 is 0 Å². The molecule has 1 aliphatic rings. The van der Waals surface area contributed by atoms with Crippen molar-refractivity contribution < 1.29 is 4.79 Å². The Morgan fingerprint density at radius 2 is 2.24 bits per heavy atom. The lowest BCUT2D eigenvalue weighted by Crippen LogP contribution is -2.39. The number of carbonyl (C=O) groups is 1. The molecule has 1 fully saturated rings. The minimum atomic E-state index is 0.206. The fraction of sp³-hybridized carbons (Fsp3) is 0.421. The number of nitrogens with zero attached hydrogens (tertiary/aromatic N) is 3. The number of piperidine rings is 1. The van der Waals surface area contributed by atoms with Gasteiger partial charge in [0.2, 0.25) is 5.91 Å². The number of likely N-dealkylation sites (tertiary alicyclic amines) is 1. The van der Waals surface area contributed by atoms with Crippen molar-refractivity contribution in [2.24, 2.45) is 0 Å². The third-order valence-electron chi connectivity index (χ3n) is 4.93. The number of hydrogen-bond donors (Lipinski definition) is 2. The van der Waals surface area contributed by atoms with Crippen LogP contribution in [0.5, 0.6) is 0 Å². The minimum Gasteiger partial charge on any atom is -0.342 e. The Morgan fingerprint density at radius 3 is 3.04 bits per heavy atom. The summed E-state index contributed by atoms with van der Waals surface area (Å²) in [7, 11) is 0. The van der Waals surface area contributed by atoms with Crippen LogP contribution in [0.25, 0.3) is 11.0 Å². The molecule has 1 unspecified atom stereocenters. The van der Waals surface area contributed by atoms with Crippen LogP contribution in [0.4, 0.5) is 0 Å². The van der Waals surface area contributed by atoms with E-state index in [1.54, 1.807) is 0 Å². The van der Waals surface area contributed by atoms with E-state index in [4.69, 9.17) is 0 Å². The van der Waals surface area contributed by atoms with Gasteiger partial charge in [0.1, 0.15) is 5.82 Å². The van der Waals surface area contributed by atoms with Gasteiger partial charge in [-0.2, -0.15) is 5.10 Å². The summed E-state index contributed by atoms with van der Waals surface area (Å²) in [5, 5.41) is 7.38. The average Bonchev–Trinajstić information content (AvgIpc) is 3.25. The van der Waals surface area contributed by atoms with Crippen LogP contribution in [0.15, 0.2) is 30.3 Å². The quantitative estimate of drug-likeness (QED) is 0.768. The summed E-state index contributed by atoms with van der Waals surface area (Å²) in [5.74, 6) is 1.43.